The molecular formula is C16H21N3O2S. The summed E-state index contributed by atoms with van der Waals surface area (Å²) in [5.41, 5.74) is 1.39. The van der Waals surface area contributed by atoms with E-state index in [1.165, 1.54) is 11.3 Å². The lowest BCUT2D eigenvalue weighted by atomic mass is 10.3. The minimum Gasteiger partial charge on any atom is -0.379 e. The molecule has 0 saturated carbocycles. The molecule has 0 aliphatic heterocycles. The fourth-order valence-corrected chi connectivity index (χ4v) is 2.47. The second kappa shape index (κ2) is 8.51. The summed E-state index contributed by atoms with van der Waals surface area (Å²) in [4.78, 5) is 16.3. The highest BCUT2D eigenvalue weighted by Gasteiger charge is 2.10. The second-order valence-electron chi connectivity index (χ2n) is 5.06. The summed E-state index contributed by atoms with van der Waals surface area (Å²) in [6, 6.07) is 9.76. The maximum atomic E-state index is 12.0. The standard InChI is InChI=1S/C16H21N3O2S/c1-12(2)21-10-6-9-17-15(20)14-11-22-16(19-14)18-13-7-4-3-5-8-13/h3-5,7-8,11-12H,6,9-10H2,1-2H3,(H,17,20)(H,18,19). The lowest BCUT2D eigenvalue weighted by Crippen LogP contribution is -2.25. The normalized spacial score (nSPS) is 10.7. The van der Waals surface area contributed by atoms with Crippen molar-refractivity contribution in [1.82, 2.24) is 10.3 Å². The van der Waals surface area contributed by atoms with Crippen molar-refractivity contribution < 1.29 is 9.53 Å². The molecular weight excluding hydrogens is 298 g/mol. The Balaban J connectivity index is 1.77. The number of benzene rings is 1. The zero-order valence-electron chi connectivity index (χ0n) is 12.8. The minimum atomic E-state index is -0.151. The number of ether oxygens (including phenoxy) is 1. The molecule has 2 N–H and O–H groups in total. The summed E-state index contributed by atoms with van der Waals surface area (Å²) in [6.45, 7) is 5.23. The number of carbonyl (C=O) groups excluding carboxylic acids is 1. The number of hydrogen-bond acceptors (Lipinski definition) is 5. The van der Waals surface area contributed by atoms with E-state index in [9.17, 15) is 4.79 Å². The fourth-order valence-electron chi connectivity index (χ4n) is 1.76. The van der Waals surface area contributed by atoms with Crippen LogP contribution >= 0.6 is 11.3 Å². The molecule has 1 aromatic heterocycles. The third-order valence-electron chi connectivity index (χ3n) is 2.82. The average Bonchev–Trinajstić information content (AvgIpc) is 2.96. The first-order chi connectivity index (χ1) is 10.6. The molecule has 0 aliphatic rings. The molecule has 0 radical (unpaired) electrons. The van der Waals surface area contributed by atoms with Gasteiger partial charge in [-0.3, -0.25) is 4.79 Å². The van der Waals surface area contributed by atoms with E-state index < -0.39 is 0 Å². The number of amides is 1. The van der Waals surface area contributed by atoms with Crippen LogP contribution in [0.3, 0.4) is 0 Å². The van der Waals surface area contributed by atoms with Crippen molar-refractivity contribution in [2.75, 3.05) is 18.5 Å². The van der Waals surface area contributed by atoms with Crippen LogP contribution in [0.2, 0.25) is 0 Å². The molecule has 1 heterocycles. The molecule has 22 heavy (non-hydrogen) atoms. The number of thiazole rings is 1. The van der Waals surface area contributed by atoms with Gasteiger partial charge in [-0.25, -0.2) is 4.98 Å². The van der Waals surface area contributed by atoms with Gasteiger partial charge in [0.2, 0.25) is 0 Å². The van der Waals surface area contributed by atoms with Crippen molar-refractivity contribution in [3.63, 3.8) is 0 Å². The Kier molecular flexibility index (Phi) is 6.36. The van der Waals surface area contributed by atoms with E-state index in [4.69, 9.17) is 4.74 Å². The Morgan fingerprint density at radius 2 is 2.09 bits per heavy atom. The van der Waals surface area contributed by atoms with Gasteiger partial charge in [0.25, 0.3) is 5.91 Å². The second-order valence-corrected chi connectivity index (χ2v) is 5.92. The van der Waals surface area contributed by atoms with Crippen molar-refractivity contribution in [3.8, 4) is 0 Å². The number of para-hydroxylation sites is 1. The third-order valence-corrected chi connectivity index (χ3v) is 3.58. The van der Waals surface area contributed by atoms with Crippen molar-refractivity contribution in [2.24, 2.45) is 0 Å². The van der Waals surface area contributed by atoms with Crippen LogP contribution in [0.25, 0.3) is 0 Å². The van der Waals surface area contributed by atoms with Gasteiger partial charge in [-0.1, -0.05) is 18.2 Å². The van der Waals surface area contributed by atoms with Crippen LogP contribution in [0.5, 0.6) is 0 Å². The molecule has 0 spiro atoms. The Hall–Kier alpha value is -1.92. The van der Waals surface area contributed by atoms with Gasteiger partial charge in [0.05, 0.1) is 6.10 Å². The Labute approximate surface area is 134 Å². The lowest BCUT2D eigenvalue weighted by Gasteiger charge is -2.07. The van der Waals surface area contributed by atoms with E-state index in [1.54, 1.807) is 5.38 Å². The first kappa shape index (κ1) is 16.5. The van der Waals surface area contributed by atoms with Crippen LogP contribution in [-0.2, 0) is 4.74 Å². The zero-order chi connectivity index (χ0) is 15.8. The number of nitrogens with zero attached hydrogens (tertiary/aromatic N) is 1. The molecule has 5 nitrogen and oxygen atoms in total. The van der Waals surface area contributed by atoms with Crippen molar-refractivity contribution >= 4 is 28.1 Å². The van der Waals surface area contributed by atoms with Crippen molar-refractivity contribution in [1.29, 1.82) is 0 Å². The molecule has 2 rings (SSSR count). The Morgan fingerprint density at radius 3 is 2.82 bits per heavy atom. The molecule has 1 amide bonds. The smallest absolute Gasteiger partial charge is 0.270 e. The molecule has 6 heteroatoms. The van der Waals surface area contributed by atoms with Crippen LogP contribution in [0.1, 0.15) is 30.8 Å². The molecule has 0 saturated heterocycles. The van der Waals surface area contributed by atoms with Crippen molar-refractivity contribution in [2.45, 2.75) is 26.4 Å². The number of anilines is 2. The van der Waals surface area contributed by atoms with Gasteiger partial charge >= 0.3 is 0 Å². The topological polar surface area (TPSA) is 63.2 Å². The van der Waals surface area contributed by atoms with Crippen LogP contribution in [0.4, 0.5) is 10.8 Å². The van der Waals surface area contributed by atoms with Gasteiger partial charge in [0, 0.05) is 24.2 Å². The average molecular weight is 319 g/mol. The highest BCUT2D eigenvalue weighted by Crippen LogP contribution is 2.20. The summed E-state index contributed by atoms with van der Waals surface area (Å²) in [5, 5.41) is 8.49. The Morgan fingerprint density at radius 1 is 1.32 bits per heavy atom. The van der Waals surface area contributed by atoms with E-state index in [-0.39, 0.29) is 12.0 Å². The quantitative estimate of drug-likeness (QED) is 0.732. The predicted octanol–water partition coefficient (Wildman–Crippen LogP) is 3.43. The number of hydrogen-bond donors (Lipinski definition) is 2. The number of nitrogens with one attached hydrogen (secondary N) is 2. The number of rotatable bonds is 8. The summed E-state index contributed by atoms with van der Waals surface area (Å²) < 4.78 is 5.42. The molecule has 0 fully saturated rings. The summed E-state index contributed by atoms with van der Waals surface area (Å²) >= 11 is 1.41. The van der Waals surface area contributed by atoms with E-state index in [0.717, 1.165) is 12.1 Å². The van der Waals surface area contributed by atoms with E-state index in [0.29, 0.717) is 24.0 Å². The maximum Gasteiger partial charge on any atom is 0.270 e. The molecule has 0 atom stereocenters. The first-order valence-corrected chi connectivity index (χ1v) is 8.20. The number of aromatic nitrogens is 1. The summed E-state index contributed by atoms with van der Waals surface area (Å²) in [6.07, 6.45) is 1.02. The molecule has 0 unspecified atom stereocenters. The fraction of sp³-hybridized carbons (Fsp3) is 0.375. The van der Waals surface area contributed by atoms with Gasteiger partial charge < -0.3 is 15.4 Å². The van der Waals surface area contributed by atoms with Gasteiger partial charge in [-0.05, 0) is 32.4 Å². The highest BCUT2D eigenvalue weighted by atomic mass is 32.1. The van der Waals surface area contributed by atoms with Crippen LogP contribution in [-0.4, -0.2) is 30.1 Å². The highest BCUT2D eigenvalue weighted by molar-refractivity contribution is 7.14. The monoisotopic (exact) mass is 319 g/mol. The molecule has 118 valence electrons. The Bertz CT molecular complexity index is 584. The van der Waals surface area contributed by atoms with Crippen LogP contribution < -0.4 is 10.6 Å². The minimum absolute atomic E-state index is 0.151. The van der Waals surface area contributed by atoms with E-state index in [1.807, 2.05) is 44.2 Å². The third kappa shape index (κ3) is 5.46. The molecule has 0 aliphatic carbocycles. The van der Waals surface area contributed by atoms with Gasteiger partial charge in [-0.15, -0.1) is 11.3 Å². The predicted molar refractivity (Wildman–Crippen MR) is 89.9 cm³/mol. The largest absolute Gasteiger partial charge is 0.379 e. The van der Waals surface area contributed by atoms with Gasteiger partial charge in [-0.2, -0.15) is 0 Å². The molecule has 1 aromatic carbocycles. The van der Waals surface area contributed by atoms with Gasteiger partial charge in [0.1, 0.15) is 5.69 Å². The van der Waals surface area contributed by atoms with Crippen LogP contribution in [0, 0.1) is 0 Å². The summed E-state index contributed by atoms with van der Waals surface area (Å²) in [5.74, 6) is -0.151. The molecule has 2 aromatic rings. The van der Waals surface area contributed by atoms with E-state index in [2.05, 4.69) is 15.6 Å². The van der Waals surface area contributed by atoms with Crippen LogP contribution in [0.15, 0.2) is 35.7 Å². The van der Waals surface area contributed by atoms with E-state index >= 15 is 0 Å². The summed E-state index contributed by atoms with van der Waals surface area (Å²) in [7, 11) is 0. The van der Waals surface area contributed by atoms with Gasteiger partial charge in [0.15, 0.2) is 5.13 Å². The lowest BCUT2D eigenvalue weighted by molar-refractivity contribution is 0.0756. The molecule has 0 bridgehead atoms. The first-order valence-electron chi connectivity index (χ1n) is 7.32. The number of carbonyl (C=O) groups is 1. The zero-order valence-corrected chi connectivity index (χ0v) is 13.7. The van der Waals surface area contributed by atoms with Crippen molar-refractivity contribution in [3.05, 3.63) is 41.4 Å². The SMILES string of the molecule is CC(C)OCCCNC(=O)c1csc(Nc2ccccc2)n1. The maximum absolute atomic E-state index is 12.0.